The lowest BCUT2D eigenvalue weighted by Gasteiger charge is -2.13. The fraction of sp³-hybridized carbons (Fsp3) is 0.207. The molecule has 0 spiro atoms. The van der Waals surface area contributed by atoms with E-state index in [1.807, 2.05) is 0 Å². The quantitative estimate of drug-likeness (QED) is 0.0736. The van der Waals surface area contributed by atoms with Crippen LogP contribution < -0.4 is 10.5 Å². The fourth-order valence-electron chi connectivity index (χ4n) is 3.92. The number of carbonyl (C=O) groups excluding carboxylic acids is 2. The number of nitrogen functional groups attached to an aromatic ring is 1. The lowest BCUT2D eigenvalue weighted by Crippen LogP contribution is -2.26. The van der Waals surface area contributed by atoms with E-state index in [9.17, 15) is 56.2 Å². The second-order valence-corrected chi connectivity index (χ2v) is 11.1. The molecule has 52 heavy (non-hydrogen) atoms. The van der Waals surface area contributed by atoms with Gasteiger partial charge < -0.3 is 19.9 Å². The van der Waals surface area contributed by atoms with Crippen LogP contribution in [-0.2, 0) is 26.6 Å². The highest BCUT2D eigenvalue weighted by atomic mass is 35.5. The van der Waals surface area contributed by atoms with E-state index in [2.05, 4.69) is 5.10 Å². The number of aromatic nitrogens is 2. The molecule has 4 aromatic rings. The number of ether oxygens (including phenoxy) is 3. The van der Waals surface area contributed by atoms with Crippen molar-refractivity contribution in [3.8, 4) is 17.2 Å². The molecule has 0 aliphatic heterocycles. The minimum absolute atomic E-state index is 0.0398. The molecule has 0 aliphatic carbocycles. The van der Waals surface area contributed by atoms with Gasteiger partial charge in [-0.05, 0) is 50.2 Å². The molecule has 0 saturated carbocycles. The number of alkyl halides is 6. The first kappa shape index (κ1) is 41.1. The molecule has 0 bridgehead atoms. The van der Waals surface area contributed by atoms with Crippen molar-refractivity contribution in [1.82, 2.24) is 9.78 Å². The van der Waals surface area contributed by atoms with Crippen LogP contribution in [-0.4, -0.2) is 44.3 Å². The minimum Gasteiger partial charge on any atom is -0.463 e. The number of nitrogens with zero attached hydrogens (tertiary/aromatic N) is 4. The molecule has 1 aromatic heterocycles. The highest BCUT2D eigenvalue weighted by molar-refractivity contribution is 6.38. The van der Waals surface area contributed by atoms with Crippen LogP contribution in [0.25, 0.3) is 5.69 Å². The van der Waals surface area contributed by atoms with E-state index >= 15 is 0 Å². The third kappa shape index (κ3) is 9.92. The van der Waals surface area contributed by atoms with Crippen LogP contribution in [0.4, 0.5) is 43.5 Å². The molecule has 3 aromatic carbocycles. The highest BCUT2D eigenvalue weighted by Gasteiger charge is 2.34. The SMILES string of the molecule is CCOC(=O)C(C)OC(=O)c1cc(Oc2ccc(C(F)(F)F)cc2Cl)ccc1[N+](=O)[O-].Nc1c([N+](=O)[O-])cnn1-c1c(Cl)cc(C(F)(F)F)cc1Cl. The molecule has 0 fully saturated rings. The Labute approximate surface area is 301 Å². The van der Waals surface area contributed by atoms with Crippen LogP contribution in [0.3, 0.4) is 0 Å². The van der Waals surface area contributed by atoms with Gasteiger partial charge in [-0.25, -0.2) is 14.3 Å². The van der Waals surface area contributed by atoms with Gasteiger partial charge in [0.1, 0.15) is 28.9 Å². The van der Waals surface area contributed by atoms with Gasteiger partial charge in [0.05, 0.1) is 42.6 Å². The maximum Gasteiger partial charge on any atom is 0.416 e. The van der Waals surface area contributed by atoms with E-state index in [0.29, 0.717) is 18.2 Å². The summed E-state index contributed by atoms with van der Waals surface area (Å²) >= 11 is 17.4. The zero-order valence-electron chi connectivity index (χ0n) is 25.9. The summed E-state index contributed by atoms with van der Waals surface area (Å²) in [6, 6.07) is 6.64. The van der Waals surface area contributed by atoms with Gasteiger partial charge in [0.25, 0.3) is 5.69 Å². The van der Waals surface area contributed by atoms with Crippen molar-refractivity contribution < 1.29 is 60.0 Å². The van der Waals surface area contributed by atoms with Crippen LogP contribution in [0.1, 0.15) is 35.3 Å². The summed E-state index contributed by atoms with van der Waals surface area (Å²) in [6.45, 7) is 2.81. The largest absolute Gasteiger partial charge is 0.463 e. The molecule has 14 nitrogen and oxygen atoms in total. The maximum absolute atomic E-state index is 12.8. The summed E-state index contributed by atoms with van der Waals surface area (Å²) in [7, 11) is 0. The van der Waals surface area contributed by atoms with Gasteiger partial charge in [-0.15, -0.1) is 0 Å². The second-order valence-electron chi connectivity index (χ2n) is 9.85. The summed E-state index contributed by atoms with van der Waals surface area (Å²) in [4.78, 5) is 44.3. The molecule has 1 heterocycles. The van der Waals surface area contributed by atoms with Gasteiger partial charge >= 0.3 is 30.0 Å². The number of esters is 2. The molecule has 23 heteroatoms. The number of hydrogen-bond donors (Lipinski definition) is 1. The van der Waals surface area contributed by atoms with Crippen molar-refractivity contribution in [1.29, 1.82) is 0 Å². The number of carbonyl (C=O) groups is 2. The standard InChI is InChI=1S/C19H15ClF3NO7.C10H5Cl2F3N4O2/c1-3-29-17(25)10(2)30-18(26)13-9-12(5-6-15(13)24(27)28)31-16-7-4-11(8-14(16)20)19(21,22)23;11-5-1-4(10(13,14)15)2-6(12)8(5)18-9(16)7(3-17-18)19(20)21/h4-10H,3H2,1-2H3;1-3H,16H2. The summed E-state index contributed by atoms with van der Waals surface area (Å²) < 4.78 is 91.9. The van der Waals surface area contributed by atoms with Crippen molar-refractivity contribution in [2.24, 2.45) is 0 Å². The number of halogens is 9. The topological polar surface area (TPSA) is 192 Å². The molecular formula is C29H20Cl3F6N5O9. The van der Waals surface area contributed by atoms with Crippen molar-refractivity contribution in [3.05, 3.63) is 107 Å². The summed E-state index contributed by atoms with van der Waals surface area (Å²) in [5, 5.41) is 24.4. The Morgan fingerprint density at radius 2 is 1.44 bits per heavy atom. The Bertz CT molecular complexity index is 2000. The number of rotatable bonds is 9. The van der Waals surface area contributed by atoms with Crippen molar-refractivity contribution in [2.45, 2.75) is 32.3 Å². The minimum atomic E-state index is -4.63. The van der Waals surface area contributed by atoms with Crippen LogP contribution >= 0.6 is 34.8 Å². The summed E-state index contributed by atoms with van der Waals surface area (Å²) in [5.41, 5.74) is 1.61. The van der Waals surface area contributed by atoms with E-state index in [-0.39, 0.29) is 38.9 Å². The molecule has 1 unspecified atom stereocenters. The van der Waals surface area contributed by atoms with E-state index < -0.39 is 74.1 Å². The number of nitro benzene ring substituents is 1. The Hall–Kier alpha value is -5.34. The average molecular weight is 803 g/mol. The molecule has 4 rings (SSSR count). The van der Waals surface area contributed by atoms with Gasteiger partial charge in [-0.1, -0.05) is 34.8 Å². The first-order valence-corrected chi connectivity index (χ1v) is 14.9. The third-order valence-corrected chi connectivity index (χ3v) is 7.18. The number of nitro groups is 2. The highest BCUT2D eigenvalue weighted by Crippen LogP contribution is 2.40. The Morgan fingerprint density at radius 1 is 0.885 bits per heavy atom. The molecule has 0 saturated heterocycles. The van der Waals surface area contributed by atoms with Gasteiger partial charge in [-0.2, -0.15) is 31.4 Å². The average Bonchev–Trinajstić information content (AvgIpc) is 3.41. The summed E-state index contributed by atoms with van der Waals surface area (Å²) in [5.74, 6) is -2.76. The molecule has 0 aliphatic rings. The lowest BCUT2D eigenvalue weighted by molar-refractivity contribution is -0.385. The zero-order chi connectivity index (χ0) is 39.3. The summed E-state index contributed by atoms with van der Waals surface area (Å²) in [6.07, 6.45) is -9.73. The van der Waals surface area contributed by atoms with Gasteiger partial charge in [0.2, 0.25) is 5.82 Å². The third-order valence-electron chi connectivity index (χ3n) is 6.31. The van der Waals surface area contributed by atoms with Crippen molar-refractivity contribution >= 4 is 63.9 Å². The van der Waals surface area contributed by atoms with Gasteiger partial charge in [-0.3, -0.25) is 20.2 Å². The zero-order valence-corrected chi connectivity index (χ0v) is 28.2. The van der Waals surface area contributed by atoms with E-state index in [1.165, 1.54) is 6.92 Å². The van der Waals surface area contributed by atoms with Crippen molar-refractivity contribution in [2.75, 3.05) is 12.3 Å². The first-order valence-electron chi connectivity index (χ1n) is 13.8. The van der Waals surface area contributed by atoms with E-state index in [4.69, 9.17) is 54.7 Å². The van der Waals surface area contributed by atoms with Gasteiger partial charge in [0, 0.05) is 12.1 Å². The Balaban J connectivity index is 0.000000302. The Kier molecular flexibility index (Phi) is 12.9. The second kappa shape index (κ2) is 16.3. The molecule has 0 radical (unpaired) electrons. The fourth-order valence-corrected chi connectivity index (χ4v) is 4.79. The van der Waals surface area contributed by atoms with Crippen LogP contribution in [0.15, 0.2) is 54.7 Å². The van der Waals surface area contributed by atoms with E-state index in [1.54, 1.807) is 6.92 Å². The number of nitrogens with two attached hydrogens (primary N) is 1. The Morgan fingerprint density at radius 3 is 1.92 bits per heavy atom. The normalized spacial score (nSPS) is 11.9. The first-order chi connectivity index (χ1) is 24.1. The molecular weight excluding hydrogens is 783 g/mol. The van der Waals surface area contributed by atoms with Crippen LogP contribution in [0.5, 0.6) is 11.5 Å². The number of anilines is 1. The van der Waals surface area contributed by atoms with Crippen LogP contribution in [0.2, 0.25) is 15.1 Å². The predicted molar refractivity (Wildman–Crippen MR) is 171 cm³/mol. The predicted octanol–water partition coefficient (Wildman–Crippen LogP) is 8.86. The maximum atomic E-state index is 12.8. The molecule has 278 valence electrons. The lowest BCUT2D eigenvalue weighted by atomic mass is 10.1. The molecule has 1 atom stereocenters. The van der Waals surface area contributed by atoms with Crippen LogP contribution in [0, 0.1) is 20.2 Å². The van der Waals surface area contributed by atoms with Gasteiger partial charge in [0.15, 0.2) is 6.10 Å². The van der Waals surface area contributed by atoms with Crippen molar-refractivity contribution in [3.63, 3.8) is 0 Å². The van der Waals surface area contributed by atoms with E-state index in [0.717, 1.165) is 41.2 Å². The number of benzene rings is 3. The molecule has 0 amide bonds. The molecule has 2 N–H and O–H groups in total. The monoisotopic (exact) mass is 801 g/mol. The number of hydrogen-bond acceptors (Lipinski definition) is 11. The smallest absolute Gasteiger partial charge is 0.416 e.